The molecule has 0 aromatic carbocycles. The second-order valence-corrected chi connectivity index (χ2v) is 6.34. The van der Waals surface area contributed by atoms with E-state index in [2.05, 4.69) is 24.9 Å². The highest BCUT2D eigenvalue weighted by atomic mass is 16.1. The first-order valence-corrected chi connectivity index (χ1v) is 6.97. The number of anilines is 1. The number of aromatic nitrogens is 2. The lowest BCUT2D eigenvalue weighted by Crippen LogP contribution is -2.40. The number of nitriles is 1. The molecule has 0 bridgehead atoms. The van der Waals surface area contributed by atoms with E-state index in [1.807, 2.05) is 25.7 Å². The Hall–Kier alpha value is -1.83. The topological polar surface area (TPSA) is 61.9 Å². The molecule has 5 nitrogen and oxygen atoms in total. The molecule has 1 aromatic heterocycles. The van der Waals surface area contributed by atoms with Crippen LogP contribution in [0.15, 0.2) is 17.2 Å². The maximum atomic E-state index is 12.6. The summed E-state index contributed by atoms with van der Waals surface area (Å²) in [5.41, 5.74) is -0.383. The Morgan fingerprint density at radius 1 is 1.45 bits per heavy atom. The first-order chi connectivity index (χ1) is 9.27. The molecule has 1 aromatic rings. The summed E-state index contributed by atoms with van der Waals surface area (Å²) in [6.45, 7) is 11.4. The molecule has 5 heteroatoms. The van der Waals surface area contributed by atoms with E-state index in [1.165, 1.54) is 0 Å². The average molecular weight is 276 g/mol. The molecule has 0 saturated carbocycles. The quantitative estimate of drug-likeness (QED) is 0.828. The second kappa shape index (κ2) is 6.56. The zero-order valence-electron chi connectivity index (χ0n) is 13.1. The van der Waals surface area contributed by atoms with E-state index < -0.39 is 0 Å². The van der Waals surface area contributed by atoms with Gasteiger partial charge in [0.1, 0.15) is 0 Å². The Balaban J connectivity index is 3.20. The van der Waals surface area contributed by atoms with Gasteiger partial charge >= 0.3 is 0 Å². The Morgan fingerprint density at radius 2 is 2.10 bits per heavy atom. The van der Waals surface area contributed by atoms with Crippen LogP contribution < -0.4 is 10.5 Å². The van der Waals surface area contributed by atoms with Crippen LogP contribution in [-0.4, -0.2) is 22.6 Å². The van der Waals surface area contributed by atoms with Crippen molar-refractivity contribution in [2.75, 3.05) is 18.0 Å². The second-order valence-electron chi connectivity index (χ2n) is 6.34. The lowest BCUT2D eigenvalue weighted by molar-refractivity contribution is 0.382. The van der Waals surface area contributed by atoms with E-state index in [9.17, 15) is 4.79 Å². The first-order valence-electron chi connectivity index (χ1n) is 6.97. The van der Waals surface area contributed by atoms with Crippen LogP contribution in [0.4, 0.5) is 5.82 Å². The Kier molecular flexibility index (Phi) is 5.32. The summed E-state index contributed by atoms with van der Waals surface area (Å²) >= 11 is 0. The normalized spacial score (nSPS) is 11.4. The highest BCUT2D eigenvalue weighted by molar-refractivity contribution is 5.36. The molecule has 0 N–H and O–H groups in total. The number of hydrogen-bond acceptors (Lipinski definition) is 4. The van der Waals surface area contributed by atoms with Crippen molar-refractivity contribution in [3.05, 3.63) is 22.7 Å². The summed E-state index contributed by atoms with van der Waals surface area (Å²) in [4.78, 5) is 18.7. The maximum Gasteiger partial charge on any atom is 0.293 e. The van der Waals surface area contributed by atoms with Crippen LogP contribution >= 0.6 is 0 Å². The van der Waals surface area contributed by atoms with E-state index in [-0.39, 0.29) is 11.1 Å². The number of rotatable bonds is 5. The molecule has 0 aliphatic rings. The van der Waals surface area contributed by atoms with Crippen LogP contribution in [0.1, 0.15) is 41.0 Å². The van der Waals surface area contributed by atoms with Crippen LogP contribution in [0.25, 0.3) is 0 Å². The van der Waals surface area contributed by atoms with Gasteiger partial charge in [-0.25, -0.2) is 4.98 Å². The van der Waals surface area contributed by atoms with Gasteiger partial charge in [0.2, 0.25) is 0 Å². The van der Waals surface area contributed by atoms with Crippen molar-refractivity contribution in [1.82, 2.24) is 9.55 Å². The monoisotopic (exact) mass is 276 g/mol. The Morgan fingerprint density at radius 3 is 2.60 bits per heavy atom. The predicted molar refractivity (Wildman–Crippen MR) is 80.8 cm³/mol. The van der Waals surface area contributed by atoms with Crippen molar-refractivity contribution in [1.29, 1.82) is 5.26 Å². The van der Waals surface area contributed by atoms with Gasteiger partial charge in [-0.05, 0) is 26.7 Å². The molecule has 0 saturated heterocycles. The molecule has 0 aliphatic heterocycles. The molecule has 1 heterocycles. The van der Waals surface area contributed by atoms with E-state index >= 15 is 0 Å². The van der Waals surface area contributed by atoms with Gasteiger partial charge in [0.15, 0.2) is 5.82 Å². The van der Waals surface area contributed by atoms with E-state index in [0.29, 0.717) is 24.7 Å². The highest BCUT2D eigenvalue weighted by Crippen LogP contribution is 2.13. The van der Waals surface area contributed by atoms with Gasteiger partial charge in [-0.15, -0.1) is 0 Å². The van der Waals surface area contributed by atoms with Gasteiger partial charge < -0.3 is 9.47 Å². The summed E-state index contributed by atoms with van der Waals surface area (Å²) in [6, 6.07) is 2.13. The lowest BCUT2D eigenvalue weighted by atomic mass is 10.1. The van der Waals surface area contributed by atoms with Crippen LogP contribution in [0.5, 0.6) is 0 Å². The standard InChI is InChI=1S/C15H24N4O/c1-12(2)11-18(9-6-7-16)13-14(20)19(10-8-17-13)15(3,4)5/h8,10,12H,6,9,11H2,1-5H3. The van der Waals surface area contributed by atoms with Crippen LogP contribution in [0.3, 0.4) is 0 Å². The summed E-state index contributed by atoms with van der Waals surface area (Å²) in [6.07, 6.45) is 3.75. The zero-order valence-corrected chi connectivity index (χ0v) is 13.1. The van der Waals surface area contributed by atoms with Crippen molar-refractivity contribution < 1.29 is 0 Å². The minimum absolute atomic E-state index is 0.0985. The fraction of sp³-hybridized carbons (Fsp3) is 0.667. The SMILES string of the molecule is CC(C)CN(CCC#N)c1nccn(C(C)(C)C)c1=O. The first kappa shape index (κ1) is 16.2. The number of nitrogens with zero attached hydrogens (tertiary/aromatic N) is 4. The highest BCUT2D eigenvalue weighted by Gasteiger charge is 2.20. The zero-order chi connectivity index (χ0) is 15.3. The Labute approximate surface area is 120 Å². The fourth-order valence-electron chi connectivity index (χ4n) is 2.06. The van der Waals surface area contributed by atoms with Crippen molar-refractivity contribution >= 4 is 5.82 Å². The van der Waals surface area contributed by atoms with Gasteiger partial charge in [-0.3, -0.25) is 4.79 Å². The third-order valence-electron chi connectivity index (χ3n) is 2.92. The molecular weight excluding hydrogens is 252 g/mol. The van der Waals surface area contributed by atoms with Crippen molar-refractivity contribution in [2.24, 2.45) is 5.92 Å². The van der Waals surface area contributed by atoms with Crippen LogP contribution in [-0.2, 0) is 5.54 Å². The minimum Gasteiger partial charge on any atom is -0.351 e. The largest absolute Gasteiger partial charge is 0.351 e. The van der Waals surface area contributed by atoms with E-state index in [0.717, 1.165) is 6.54 Å². The van der Waals surface area contributed by atoms with Crippen molar-refractivity contribution in [2.45, 2.75) is 46.6 Å². The molecule has 0 unspecified atom stereocenters. The molecule has 0 fully saturated rings. The third-order valence-corrected chi connectivity index (χ3v) is 2.92. The maximum absolute atomic E-state index is 12.6. The summed E-state index contributed by atoms with van der Waals surface area (Å²) in [7, 11) is 0. The Bertz CT molecular complexity index is 534. The summed E-state index contributed by atoms with van der Waals surface area (Å²) in [5, 5.41) is 8.77. The van der Waals surface area contributed by atoms with Crippen LogP contribution in [0.2, 0.25) is 0 Å². The number of hydrogen-bond donors (Lipinski definition) is 0. The summed E-state index contributed by atoms with van der Waals surface area (Å²) < 4.78 is 1.69. The van der Waals surface area contributed by atoms with Gasteiger partial charge in [-0.1, -0.05) is 13.8 Å². The summed E-state index contributed by atoms with van der Waals surface area (Å²) in [5.74, 6) is 0.838. The van der Waals surface area contributed by atoms with Crippen LogP contribution in [0, 0.1) is 17.2 Å². The molecule has 0 spiro atoms. The molecule has 0 atom stereocenters. The molecule has 0 radical (unpaired) electrons. The molecule has 1 rings (SSSR count). The van der Waals surface area contributed by atoms with Crippen molar-refractivity contribution in [3.63, 3.8) is 0 Å². The predicted octanol–water partition coefficient (Wildman–Crippen LogP) is 2.37. The van der Waals surface area contributed by atoms with E-state index in [1.54, 1.807) is 17.0 Å². The molecule has 0 aliphatic carbocycles. The third kappa shape index (κ3) is 4.09. The minimum atomic E-state index is -0.284. The van der Waals surface area contributed by atoms with Crippen molar-refractivity contribution in [3.8, 4) is 6.07 Å². The van der Waals surface area contributed by atoms with Gasteiger partial charge in [0.05, 0.1) is 12.5 Å². The molecule has 110 valence electrons. The lowest BCUT2D eigenvalue weighted by Gasteiger charge is -2.27. The molecule has 20 heavy (non-hydrogen) atoms. The fourth-order valence-corrected chi connectivity index (χ4v) is 2.06. The van der Waals surface area contributed by atoms with E-state index in [4.69, 9.17) is 5.26 Å². The molecule has 0 amide bonds. The molecular formula is C15H24N4O. The van der Waals surface area contributed by atoms with Gasteiger partial charge in [-0.2, -0.15) is 5.26 Å². The smallest absolute Gasteiger partial charge is 0.293 e. The van der Waals surface area contributed by atoms with Gasteiger partial charge in [0, 0.05) is 31.0 Å². The van der Waals surface area contributed by atoms with Gasteiger partial charge in [0.25, 0.3) is 5.56 Å². The average Bonchev–Trinajstić information content (AvgIpc) is 2.33.